The number of rotatable bonds is 2. The van der Waals surface area contributed by atoms with Crippen molar-refractivity contribution in [1.82, 2.24) is 14.6 Å². The second-order valence-electron chi connectivity index (χ2n) is 4.11. The Kier molecular flexibility index (Phi) is 2.08. The predicted octanol–water partition coefficient (Wildman–Crippen LogP) is 2.21. The second kappa shape index (κ2) is 3.46. The number of halogens is 1. The van der Waals surface area contributed by atoms with E-state index in [1.165, 1.54) is 12.8 Å². The normalized spacial score (nSPS) is 15.2. The predicted molar refractivity (Wildman–Crippen MR) is 59.1 cm³/mol. The van der Waals surface area contributed by atoms with E-state index in [1.807, 2.05) is 10.6 Å². The molecule has 0 spiro atoms. The number of hydrogen-bond donors (Lipinski definition) is 0. The number of fused-ring (bicyclic) bond motifs is 1. The van der Waals surface area contributed by atoms with Crippen LogP contribution in [0, 0.1) is 17.2 Å². The Hall–Kier alpha value is -1.60. The average Bonchev–Trinajstić information content (AvgIpc) is 3.00. The highest BCUT2D eigenvalue weighted by atomic mass is 35.5. The molecule has 4 nitrogen and oxygen atoms in total. The molecule has 3 rings (SSSR count). The highest BCUT2D eigenvalue weighted by Gasteiger charge is 2.24. The van der Waals surface area contributed by atoms with Crippen LogP contribution >= 0.6 is 11.6 Å². The van der Waals surface area contributed by atoms with Gasteiger partial charge >= 0.3 is 0 Å². The molecule has 0 aromatic carbocycles. The number of pyridine rings is 1. The summed E-state index contributed by atoms with van der Waals surface area (Å²) in [5.74, 6) is 1.67. The lowest BCUT2D eigenvalue weighted by molar-refractivity contribution is 0.758. The van der Waals surface area contributed by atoms with Crippen molar-refractivity contribution < 1.29 is 0 Å². The van der Waals surface area contributed by atoms with Crippen LogP contribution in [0.4, 0.5) is 0 Å². The van der Waals surface area contributed by atoms with Gasteiger partial charge in [-0.25, -0.2) is 0 Å². The van der Waals surface area contributed by atoms with Gasteiger partial charge in [-0.1, -0.05) is 11.6 Å². The molecular weight excluding hydrogens is 224 g/mol. The van der Waals surface area contributed by atoms with Gasteiger partial charge in [0.05, 0.1) is 5.02 Å². The van der Waals surface area contributed by atoms with Crippen molar-refractivity contribution in [2.45, 2.75) is 19.3 Å². The molecule has 1 aliphatic carbocycles. The molecule has 2 aromatic rings. The van der Waals surface area contributed by atoms with Crippen molar-refractivity contribution >= 4 is 17.2 Å². The third-order valence-corrected chi connectivity index (χ3v) is 3.19. The minimum atomic E-state index is 0.402. The van der Waals surface area contributed by atoms with E-state index < -0.39 is 0 Å². The zero-order valence-corrected chi connectivity index (χ0v) is 9.28. The quantitative estimate of drug-likeness (QED) is 0.798. The van der Waals surface area contributed by atoms with Gasteiger partial charge < -0.3 is 0 Å². The van der Waals surface area contributed by atoms with Crippen molar-refractivity contribution in [1.29, 1.82) is 5.26 Å². The van der Waals surface area contributed by atoms with Crippen LogP contribution in [0.5, 0.6) is 0 Å². The minimum absolute atomic E-state index is 0.402. The summed E-state index contributed by atoms with van der Waals surface area (Å²) in [5, 5.41) is 17.6. The van der Waals surface area contributed by atoms with Crippen molar-refractivity contribution in [2.75, 3.05) is 0 Å². The molecule has 0 saturated heterocycles. The van der Waals surface area contributed by atoms with Gasteiger partial charge in [0.15, 0.2) is 5.65 Å². The molecule has 16 heavy (non-hydrogen) atoms. The lowest BCUT2D eigenvalue weighted by atomic mass is 10.2. The fraction of sp³-hybridized carbons (Fsp3) is 0.364. The largest absolute Gasteiger partial charge is 0.285 e. The molecule has 1 fully saturated rings. The molecule has 0 bridgehead atoms. The zero-order valence-electron chi connectivity index (χ0n) is 8.52. The molecule has 0 amide bonds. The van der Waals surface area contributed by atoms with E-state index in [4.69, 9.17) is 16.9 Å². The van der Waals surface area contributed by atoms with Crippen LogP contribution in [-0.2, 0) is 6.42 Å². The Bertz CT molecular complexity index is 592. The molecular formula is C11H9ClN4. The van der Waals surface area contributed by atoms with Crippen LogP contribution in [0.3, 0.4) is 0 Å². The van der Waals surface area contributed by atoms with Gasteiger partial charge in [0.2, 0.25) is 0 Å². The van der Waals surface area contributed by atoms with Crippen LogP contribution in [-0.4, -0.2) is 14.6 Å². The Balaban J connectivity index is 2.16. The molecule has 0 unspecified atom stereocenters. The van der Waals surface area contributed by atoms with Gasteiger partial charge in [0, 0.05) is 12.6 Å². The Morgan fingerprint density at radius 1 is 1.50 bits per heavy atom. The van der Waals surface area contributed by atoms with Crippen molar-refractivity contribution in [3.05, 3.63) is 28.7 Å². The van der Waals surface area contributed by atoms with Gasteiger partial charge in [-0.05, 0) is 24.8 Å². The molecule has 2 heterocycles. The summed E-state index contributed by atoms with van der Waals surface area (Å²) >= 11 is 5.93. The van der Waals surface area contributed by atoms with Crippen molar-refractivity contribution in [3.8, 4) is 6.07 Å². The summed E-state index contributed by atoms with van der Waals surface area (Å²) < 4.78 is 1.86. The summed E-state index contributed by atoms with van der Waals surface area (Å²) in [4.78, 5) is 0. The molecule has 0 radical (unpaired) electrons. The molecule has 1 saturated carbocycles. The summed E-state index contributed by atoms with van der Waals surface area (Å²) in [6, 6.07) is 3.78. The first-order valence-corrected chi connectivity index (χ1v) is 5.59. The standard InChI is InChI=1S/C11H9ClN4/c12-9-3-4-16-10(5-7-1-2-7)14-15-11(16)8(9)6-13/h3-4,7H,1-2,5H2. The highest BCUT2D eigenvalue weighted by molar-refractivity contribution is 6.32. The summed E-state index contributed by atoms with van der Waals surface area (Å²) in [7, 11) is 0. The van der Waals surface area contributed by atoms with Gasteiger partial charge in [0.25, 0.3) is 0 Å². The Morgan fingerprint density at radius 3 is 3.00 bits per heavy atom. The molecule has 0 N–H and O–H groups in total. The van der Waals surface area contributed by atoms with E-state index in [2.05, 4.69) is 16.3 Å². The van der Waals surface area contributed by atoms with Crippen LogP contribution < -0.4 is 0 Å². The first kappa shape index (κ1) is 9.61. The van der Waals surface area contributed by atoms with Gasteiger partial charge in [-0.2, -0.15) is 5.26 Å². The summed E-state index contributed by atoms with van der Waals surface area (Å²) in [5.41, 5.74) is 0.962. The Labute approximate surface area is 97.5 Å². The molecule has 2 aromatic heterocycles. The fourth-order valence-corrected chi connectivity index (χ4v) is 1.99. The Morgan fingerprint density at radius 2 is 2.31 bits per heavy atom. The zero-order chi connectivity index (χ0) is 11.1. The first-order chi connectivity index (χ1) is 7.79. The number of hydrogen-bond acceptors (Lipinski definition) is 3. The summed E-state index contributed by atoms with van der Waals surface area (Å²) in [6.07, 6.45) is 5.31. The van der Waals surface area contributed by atoms with E-state index in [0.717, 1.165) is 18.2 Å². The fourth-order valence-electron chi connectivity index (χ4n) is 1.80. The lowest BCUT2D eigenvalue weighted by Crippen LogP contribution is -1.97. The van der Waals surface area contributed by atoms with Crippen LogP contribution in [0.1, 0.15) is 24.2 Å². The molecule has 5 heteroatoms. The van der Waals surface area contributed by atoms with E-state index in [9.17, 15) is 0 Å². The minimum Gasteiger partial charge on any atom is -0.285 e. The SMILES string of the molecule is N#Cc1c(Cl)ccn2c(CC3CC3)nnc12. The maximum absolute atomic E-state index is 9.00. The molecule has 1 aliphatic rings. The van der Waals surface area contributed by atoms with E-state index >= 15 is 0 Å². The smallest absolute Gasteiger partial charge is 0.180 e. The van der Waals surface area contributed by atoms with Crippen LogP contribution in [0.2, 0.25) is 5.02 Å². The van der Waals surface area contributed by atoms with Gasteiger partial charge in [-0.3, -0.25) is 4.40 Å². The third-order valence-electron chi connectivity index (χ3n) is 2.88. The van der Waals surface area contributed by atoms with Crippen molar-refractivity contribution in [2.24, 2.45) is 5.92 Å². The molecule has 0 aliphatic heterocycles. The van der Waals surface area contributed by atoms with Gasteiger partial charge in [-0.15, -0.1) is 10.2 Å². The second-order valence-corrected chi connectivity index (χ2v) is 4.52. The van der Waals surface area contributed by atoms with E-state index in [1.54, 1.807) is 6.07 Å². The lowest BCUT2D eigenvalue weighted by Gasteiger charge is -2.00. The first-order valence-electron chi connectivity index (χ1n) is 5.22. The molecule has 0 atom stereocenters. The van der Waals surface area contributed by atoms with Crippen molar-refractivity contribution in [3.63, 3.8) is 0 Å². The van der Waals surface area contributed by atoms with E-state index in [-0.39, 0.29) is 0 Å². The summed E-state index contributed by atoms with van der Waals surface area (Å²) in [6.45, 7) is 0. The monoisotopic (exact) mass is 232 g/mol. The maximum Gasteiger partial charge on any atom is 0.180 e. The highest BCUT2D eigenvalue weighted by Crippen LogP contribution is 2.32. The van der Waals surface area contributed by atoms with Crippen LogP contribution in [0.15, 0.2) is 12.3 Å². The van der Waals surface area contributed by atoms with Crippen LogP contribution in [0.25, 0.3) is 5.65 Å². The molecule has 80 valence electrons. The maximum atomic E-state index is 9.00. The average molecular weight is 233 g/mol. The number of nitrogens with zero attached hydrogens (tertiary/aromatic N) is 4. The topological polar surface area (TPSA) is 54.0 Å². The number of aromatic nitrogens is 3. The van der Waals surface area contributed by atoms with E-state index in [0.29, 0.717) is 16.2 Å². The van der Waals surface area contributed by atoms with Gasteiger partial charge in [0.1, 0.15) is 17.5 Å². The number of nitriles is 1. The third kappa shape index (κ3) is 1.44.